The predicted octanol–water partition coefficient (Wildman–Crippen LogP) is 3.87. The summed E-state index contributed by atoms with van der Waals surface area (Å²) in [5, 5.41) is 11.6. The zero-order chi connectivity index (χ0) is 13.8. The minimum atomic E-state index is 0.125. The number of aryl methyl sites for hydroxylation is 1. The minimum Gasteiger partial charge on any atom is -0.419 e. The van der Waals surface area contributed by atoms with Crippen molar-refractivity contribution in [2.75, 3.05) is 6.54 Å². The Balaban J connectivity index is 2.27. The Morgan fingerprint density at radius 2 is 2.11 bits per heavy atom. The maximum atomic E-state index is 5.76. The number of hydrogen-bond acceptors (Lipinski definition) is 4. The van der Waals surface area contributed by atoms with Gasteiger partial charge in [0.2, 0.25) is 11.8 Å². The molecule has 0 aliphatic rings. The average molecular weight is 324 g/mol. The van der Waals surface area contributed by atoms with E-state index in [1.807, 2.05) is 25.1 Å². The summed E-state index contributed by atoms with van der Waals surface area (Å²) in [4.78, 5) is 0. The third-order valence-corrected chi connectivity index (χ3v) is 3.87. The fourth-order valence-corrected chi connectivity index (χ4v) is 2.25. The summed E-state index contributed by atoms with van der Waals surface area (Å²) in [7, 11) is 0. The number of rotatable bonds is 5. The molecule has 4 nitrogen and oxygen atoms in total. The van der Waals surface area contributed by atoms with Crippen LogP contribution in [0, 0.1) is 6.92 Å². The molecule has 0 aliphatic heterocycles. The molecule has 0 aliphatic carbocycles. The molecule has 1 N–H and O–H groups in total. The zero-order valence-electron chi connectivity index (χ0n) is 11.4. The average Bonchev–Trinajstić information content (AvgIpc) is 2.88. The van der Waals surface area contributed by atoms with E-state index in [0.717, 1.165) is 23.0 Å². The second-order valence-electron chi connectivity index (χ2n) is 4.43. The molecule has 2 rings (SSSR count). The van der Waals surface area contributed by atoms with Crippen LogP contribution in [-0.2, 0) is 0 Å². The summed E-state index contributed by atoms with van der Waals surface area (Å²) in [5.74, 6) is 1.21. The minimum absolute atomic E-state index is 0.125. The van der Waals surface area contributed by atoms with Crippen LogP contribution in [0.3, 0.4) is 0 Å². The van der Waals surface area contributed by atoms with Crippen LogP contribution in [0.2, 0.25) is 0 Å². The van der Waals surface area contributed by atoms with Gasteiger partial charge in [-0.2, -0.15) is 0 Å². The van der Waals surface area contributed by atoms with Gasteiger partial charge < -0.3 is 9.73 Å². The van der Waals surface area contributed by atoms with E-state index < -0.39 is 0 Å². The molecular formula is C14H18BrN3O. The third kappa shape index (κ3) is 3.22. The largest absolute Gasteiger partial charge is 0.419 e. The van der Waals surface area contributed by atoms with Crippen LogP contribution in [0.5, 0.6) is 0 Å². The predicted molar refractivity (Wildman–Crippen MR) is 78.9 cm³/mol. The maximum Gasteiger partial charge on any atom is 0.247 e. The quantitative estimate of drug-likeness (QED) is 0.907. The second-order valence-corrected chi connectivity index (χ2v) is 5.28. The fourth-order valence-electron chi connectivity index (χ4n) is 1.87. The van der Waals surface area contributed by atoms with E-state index in [0.29, 0.717) is 11.8 Å². The lowest BCUT2D eigenvalue weighted by molar-refractivity contribution is 0.402. The number of benzene rings is 1. The summed E-state index contributed by atoms with van der Waals surface area (Å²) in [6.07, 6.45) is 0.924. The summed E-state index contributed by atoms with van der Waals surface area (Å²) < 4.78 is 6.81. The van der Waals surface area contributed by atoms with Crippen molar-refractivity contribution in [2.24, 2.45) is 0 Å². The Morgan fingerprint density at radius 1 is 1.32 bits per heavy atom. The highest BCUT2D eigenvalue weighted by Gasteiger charge is 2.16. The molecular weight excluding hydrogens is 306 g/mol. The van der Waals surface area contributed by atoms with Crippen molar-refractivity contribution in [1.82, 2.24) is 15.5 Å². The summed E-state index contributed by atoms with van der Waals surface area (Å²) in [6, 6.07) is 6.15. The molecule has 0 saturated carbocycles. The van der Waals surface area contributed by atoms with Crippen LogP contribution >= 0.6 is 15.9 Å². The first-order chi connectivity index (χ1) is 9.15. The van der Waals surface area contributed by atoms with Gasteiger partial charge in [-0.25, -0.2) is 0 Å². The molecule has 2 aromatic rings. The van der Waals surface area contributed by atoms with Gasteiger partial charge in [0, 0.05) is 10.0 Å². The van der Waals surface area contributed by atoms with Gasteiger partial charge in [-0.3, -0.25) is 0 Å². The van der Waals surface area contributed by atoms with Gasteiger partial charge in [0.15, 0.2) is 0 Å². The number of nitrogens with zero attached hydrogens (tertiary/aromatic N) is 2. The monoisotopic (exact) mass is 323 g/mol. The van der Waals surface area contributed by atoms with Crippen LogP contribution in [0.25, 0.3) is 11.5 Å². The first-order valence-corrected chi connectivity index (χ1v) is 7.28. The van der Waals surface area contributed by atoms with E-state index >= 15 is 0 Å². The highest BCUT2D eigenvalue weighted by Crippen LogP contribution is 2.26. The molecule has 0 saturated heterocycles. The molecule has 0 fully saturated rings. The van der Waals surface area contributed by atoms with Gasteiger partial charge in [0.05, 0.1) is 6.04 Å². The second kappa shape index (κ2) is 6.30. The van der Waals surface area contributed by atoms with Crippen molar-refractivity contribution >= 4 is 15.9 Å². The van der Waals surface area contributed by atoms with Crippen molar-refractivity contribution in [3.63, 3.8) is 0 Å². The van der Waals surface area contributed by atoms with Crippen molar-refractivity contribution in [3.05, 3.63) is 34.1 Å². The summed E-state index contributed by atoms with van der Waals surface area (Å²) >= 11 is 3.52. The van der Waals surface area contributed by atoms with Crippen LogP contribution in [0.1, 0.15) is 37.8 Å². The van der Waals surface area contributed by atoms with E-state index in [9.17, 15) is 0 Å². The van der Waals surface area contributed by atoms with Crippen LogP contribution in [0.15, 0.2) is 27.1 Å². The lowest BCUT2D eigenvalue weighted by Crippen LogP contribution is -2.20. The molecule has 0 spiro atoms. The topological polar surface area (TPSA) is 51.0 Å². The van der Waals surface area contributed by atoms with Crippen molar-refractivity contribution in [2.45, 2.75) is 33.2 Å². The standard InChI is InChI=1S/C14H18BrN3O/c1-4-12(16-5-2)14-18-17-13(19-14)10-7-6-9(3)11(15)8-10/h6-8,12,16H,4-5H2,1-3H3. The molecule has 0 amide bonds. The Kier molecular flexibility index (Phi) is 4.71. The molecule has 1 unspecified atom stereocenters. The molecule has 1 atom stereocenters. The van der Waals surface area contributed by atoms with Crippen LogP contribution in [0.4, 0.5) is 0 Å². The molecule has 1 aromatic carbocycles. The van der Waals surface area contributed by atoms with Gasteiger partial charge in [-0.15, -0.1) is 10.2 Å². The summed E-state index contributed by atoms with van der Waals surface area (Å²) in [6.45, 7) is 7.09. The highest BCUT2D eigenvalue weighted by atomic mass is 79.9. The third-order valence-electron chi connectivity index (χ3n) is 3.02. The Labute approximate surface area is 121 Å². The van der Waals surface area contributed by atoms with E-state index in [-0.39, 0.29) is 6.04 Å². The first kappa shape index (κ1) is 14.2. The smallest absolute Gasteiger partial charge is 0.247 e. The van der Waals surface area contributed by atoms with E-state index in [1.165, 1.54) is 5.56 Å². The van der Waals surface area contributed by atoms with Gasteiger partial charge in [-0.1, -0.05) is 35.8 Å². The van der Waals surface area contributed by atoms with Crippen LogP contribution < -0.4 is 5.32 Å². The van der Waals surface area contributed by atoms with Gasteiger partial charge in [-0.05, 0) is 37.6 Å². The van der Waals surface area contributed by atoms with E-state index in [4.69, 9.17) is 4.42 Å². The fraction of sp³-hybridized carbons (Fsp3) is 0.429. The van der Waals surface area contributed by atoms with E-state index in [2.05, 4.69) is 45.3 Å². The van der Waals surface area contributed by atoms with Crippen molar-refractivity contribution < 1.29 is 4.42 Å². The summed E-state index contributed by atoms with van der Waals surface area (Å²) in [5.41, 5.74) is 2.12. The molecule has 19 heavy (non-hydrogen) atoms. The van der Waals surface area contributed by atoms with E-state index in [1.54, 1.807) is 0 Å². The molecule has 5 heteroatoms. The normalized spacial score (nSPS) is 12.6. The lowest BCUT2D eigenvalue weighted by Gasteiger charge is -2.10. The van der Waals surface area contributed by atoms with Crippen molar-refractivity contribution in [3.8, 4) is 11.5 Å². The Morgan fingerprint density at radius 3 is 2.74 bits per heavy atom. The van der Waals surface area contributed by atoms with Gasteiger partial charge >= 0.3 is 0 Å². The van der Waals surface area contributed by atoms with Crippen molar-refractivity contribution in [1.29, 1.82) is 0 Å². The van der Waals surface area contributed by atoms with Gasteiger partial charge in [0.1, 0.15) is 0 Å². The zero-order valence-corrected chi connectivity index (χ0v) is 13.0. The SMILES string of the molecule is CCNC(CC)c1nnc(-c2ccc(C)c(Br)c2)o1. The number of hydrogen-bond donors (Lipinski definition) is 1. The number of aromatic nitrogens is 2. The Bertz CT molecular complexity index is 553. The number of nitrogens with one attached hydrogen (secondary N) is 1. The van der Waals surface area contributed by atoms with Gasteiger partial charge in [0.25, 0.3) is 0 Å². The molecule has 0 bridgehead atoms. The van der Waals surface area contributed by atoms with Crippen LogP contribution in [-0.4, -0.2) is 16.7 Å². The Hall–Kier alpha value is -1.20. The lowest BCUT2D eigenvalue weighted by atomic mass is 10.1. The maximum absolute atomic E-state index is 5.76. The first-order valence-electron chi connectivity index (χ1n) is 6.49. The molecule has 1 aromatic heterocycles. The number of halogens is 1. The molecule has 0 radical (unpaired) electrons. The molecule has 1 heterocycles. The highest BCUT2D eigenvalue weighted by molar-refractivity contribution is 9.10. The molecule has 102 valence electrons.